The normalized spacial score (nSPS) is 14.5. The number of pyridine rings is 1. The predicted octanol–water partition coefficient (Wildman–Crippen LogP) is 5.14. The molecule has 0 saturated carbocycles. The van der Waals surface area contributed by atoms with Gasteiger partial charge in [-0.2, -0.15) is 0 Å². The topological polar surface area (TPSA) is 82.2 Å². The number of benzene rings is 3. The van der Waals surface area contributed by atoms with Crippen LogP contribution in [0.4, 0.5) is 0 Å². The van der Waals surface area contributed by atoms with Crippen LogP contribution in [-0.2, 0) is 30.8 Å². The summed E-state index contributed by atoms with van der Waals surface area (Å²) in [5.74, 6) is 2.67. The number of fused-ring (bicyclic) bond motifs is 1. The third-order valence-electron chi connectivity index (χ3n) is 7.55. The van der Waals surface area contributed by atoms with Crippen molar-refractivity contribution in [2.24, 2.45) is 0 Å². The Morgan fingerprint density at radius 3 is 2.36 bits per heavy atom. The molecule has 2 heterocycles. The van der Waals surface area contributed by atoms with Crippen LogP contribution < -0.4 is 24.3 Å². The molecule has 8 heteroatoms. The second-order valence-corrected chi connectivity index (χ2v) is 10.2. The molecule has 1 aliphatic heterocycles. The molecule has 1 aromatic heterocycles. The van der Waals surface area contributed by atoms with Crippen LogP contribution >= 0.6 is 0 Å². The van der Waals surface area contributed by atoms with Gasteiger partial charge in [0.15, 0.2) is 23.0 Å². The standard InChI is InChI=1S/C34H37N3O5/c1-39-30-13-12-25(18-31(30)40-2)17-29-28-20-33(42-23-27-11-7-8-15-35-27)32(41-3)19-26(28)14-16-37(29)22-34(38)36-21-24-9-5-4-6-10-24/h4-13,15,18-20,29H,14,16-17,21-23H2,1-3H3,(H,36,38). The Bertz CT molecular complexity index is 1480. The zero-order valence-electron chi connectivity index (χ0n) is 24.3. The van der Waals surface area contributed by atoms with E-state index in [9.17, 15) is 4.79 Å². The number of aromatic nitrogens is 1. The van der Waals surface area contributed by atoms with Gasteiger partial charge in [-0.3, -0.25) is 14.7 Å². The van der Waals surface area contributed by atoms with Gasteiger partial charge in [0.05, 0.1) is 33.6 Å². The molecule has 1 atom stereocenters. The number of hydrogen-bond donors (Lipinski definition) is 1. The fraction of sp³-hybridized carbons (Fsp3) is 0.294. The van der Waals surface area contributed by atoms with E-state index in [1.807, 2.05) is 66.7 Å². The smallest absolute Gasteiger partial charge is 0.234 e. The highest BCUT2D eigenvalue weighted by molar-refractivity contribution is 5.78. The monoisotopic (exact) mass is 567 g/mol. The highest BCUT2D eigenvalue weighted by Gasteiger charge is 2.31. The summed E-state index contributed by atoms with van der Waals surface area (Å²) in [4.78, 5) is 19.8. The molecular formula is C34H37N3O5. The van der Waals surface area contributed by atoms with Crippen molar-refractivity contribution < 1.29 is 23.7 Å². The molecule has 4 aromatic rings. The van der Waals surface area contributed by atoms with Crippen LogP contribution in [0.25, 0.3) is 0 Å². The second-order valence-electron chi connectivity index (χ2n) is 10.2. The SMILES string of the molecule is COc1ccc(CC2c3cc(OCc4ccccn4)c(OC)cc3CCN2CC(=O)NCc2ccccc2)cc1OC. The third kappa shape index (κ3) is 7.01. The van der Waals surface area contributed by atoms with Gasteiger partial charge < -0.3 is 24.3 Å². The first-order valence-corrected chi connectivity index (χ1v) is 14.1. The molecule has 5 rings (SSSR count). The van der Waals surface area contributed by atoms with Gasteiger partial charge in [0.1, 0.15) is 6.61 Å². The summed E-state index contributed by atoms with van der Waals surface area (Å²) in [6.45, 7) is 1.83. The van der Waals surface area contributed by atoms with Crippen molar-refractivity contribution in [3.8, 4) is 23.0 Å². The van der Waals surface area contributed by atoms with Crippen LogP contribution in [0, 0.1) is 0 Å². The molecule has 8 nitrogen and oxygen atoms in total. The highest BCUT2D eigenvalue weighted by atomic mass is 16.5. The lowest BCUT2D eigenvalue weighted by atomic mass is 9.88. The summed E-state index contributed by atoms with van der Waals surface area (Å²) < 4.78 is 23.0. The second kappa shape index (κ2) is 13.9. The van der Waals surface area contributed by atoms with Crippen molar-refractivity contribution >= 4 is 5.91 Å². The molecule has 0 radical (unpaired) electrons. The summed E-state index contributed by atoms with van der Waals surface area (Å²) in [6, 6.07) is 25.7. The average molecular weight is 568 g/mol. The van der Waals surface area contributed by atoms with Gasteiger partial charge in [-0.25, -0.2) is 0 Å². The van der Waals surface area contributed by atoms with E-state index >= 15 is 0 Å². The highest BCUT2D eigenvalue weighted by Crippen LogP contribution is 2.40. The number of amides is 1. The van der Waals surface area contributed by atoms with Gasteiger partial charge in [-0.1, -0.05) is 42.5 Å². The number of nitrogens with one attached hydrogen (secondary N) is 1. The van der Waals surface area contributed by atoms with Gasteiger partial charge in [0, 0.05) is 25.3 Å². The van der Waals surface area contributed by atoms with Crippen LogP contribution in [0.5, 0.6) is 23.0 Å². The number of rotatable bonds is 12. The zero-order chi connectivity index (χ0) is 29.3. The molecule has 0 aliphatic carbocycles. The molecule has 42 heavy (non-hydrogen) atoms. The van der Waals surface area contributed by atoms with Gasteiger partial charge in [-0.05, 0) is 71.5 Å². The number of methoxy groups -OCH3 is 3. The molecule has 1 unspecified atom stereocenters. The van der Waals surface area contributed by atoms with Crippen LogP contribution in [0.1, 0.15) is 34.0 Å². The van der Waals surface area contributed by atoms with Gasteiger partial charge in [0.25, 0.3) is 0 Å². The van der Waals surface area contributed by atoms with Gasteiger partial charge >= 0.3 is 0 Å². The first-order chi connectivity index (χ1) is 20.6. The lowest BCUT2D eigenvalue weighted by molar-refractivity contribution is -0.123. The molecule has 218 valence electrons. The Hall–Kier alpha value is -4.56. The largest absolute Gasteiger partial charge is 0.493 e. The summed E-state index contributed by atoms with van der Waals surface area (Å²) in [6.07, 6.45) is 3.22. The first-order valence-electron chi connectivity index (χ1n) is 14.1. The van der Waals surface area contributed by atoms with Crippen molar-refractivity contribution in [3.63, 3.8) is 0 Å². The Labute approximate surface area is 247 Å². The molecule has 0 spiro atoms. The van der Waals surface area contributed by atoms with Crippen LogP contribution in [0.3, 0.4) is 0 Å². The van der Waals surface area contributed by atoms with Crippen molar-refractivity contribution in [1.82, 2.24) is 15.2 Å². The number of carbonyl (C=O) groups is 1. The third-order valence-corrected chi connectivity index (χ3v) is 7.55. The van der Waals surface area contributed by atoms with E-state index in [4.69, 9.17) is 18.9 Å². The van der Waals surface area contributed by atoms with Crippen LogP contribution in [0.2, 0.25) is 0 Å². The molecule has 1 amide bonds. The fourth-order valence-corrected chi connectivity index (χ4v) is 5.36. The number of carbonyl (C=O) groups excluding carboxylic acids is 1. The zero-order valence-corrected chi connectivity index (χ0v) is 24.3. The van der Waals surface area contributed by atoms with E-state index in [-0.39, 0.29) is 18.5 Å². The van der Waals surface area contributed by atoms with Crippen molar-refractivity contribution in [2.75, 3.05) is 34.4 Å². The van der Waals surface area contributed by atoms with Crippen molar-refractivity contribution in [2.45, 2.75) is 32.0 Å². The van der Waals surface area contributed by atoms with E-state index in [0.29, 0.717) is 42.6 Å². The number of nitrogens with zero attached hydrogens (tertiary/aromatic N) is 2. The lowest BCUT2D eigenvalue weighted by Crippen LogP contribution is -2.43. The molecule has 3 aromatic carbocycles. The maximum atomic E-state index is 13.2. The molecular weight excluding hydrogens is 530 g/mol. The molecule has 0 bridgehead atoms. The minimum atomic E-state index is -0.0718. The molecule has 0 saturated heterocycles. The summed E-state index contributed by atoms with van der Waals surface area (Å²) in [5, 5.41) is 3.09. The van der Waals surface area contributed by atoms with E-state index < -0.39 is 0 Å². The minimum Gasteiger partial charge on any atom is -0.493 e. The Morgan fingerprint density at radius 2 is 1.62 bits per heavy atom. The Balaban J connectivity index is 1.43. The van der Waals surface area contributed by atoms with E-state index in [2.05, 4.69) is 27.3 Å². The maximum absolute atomic E-state index is 13.2. The number of ether oxygens (including phenoxy) is 4. The Kier molecular flexibility index (Phi) is 9.56. The minimum absolute atomic E-state index is 0.0141. The van der Waals surface area contributed by atoms with Crippen LogP contribution in [0.15, 0.2) is 85.1 Å². The average Bonchev–Trinajstić information content (AvgIpc) is 3.04. The lowest BCUT2D eigenvalue weighted by Gasteiger charge is -2.37. The van der Waals surface area contributed by atoms with E-state index in [0.717, 1.165) is 35.3 Å². The first kappa shape index (κ1) is 29.0. The summed E-state index contributed by atoms with van der Waals surface area (Å²) in [5.41, 5.74) is 5.27. The summed E-state index contributed by atoms with van der Waals surface area (Å²) in [7, 11) is 4.92. The van der Waals surface area contributed by atoms with E-state index in [1.165, 1.54) is 5.56 Å². The molecule has 1 N–H and O–H groups in total. The summed E-state index contributed by atoms with van der Waals surface area (Å²) >= 11 is 0. The fourth-order valence-electron chi connectivity index (χ4n) is 5.36. The molecule has 0 fully saturated rings. The Morgan fingerprint density at radius 1 is 0.857 bits per heavy atom. The quantitative estimate of drug-likeness (QED) is 0.254. The van der Waals surface area contributed by atoms with Crippen molar-refractivity contribution in [1.29, 1.82) is 0 Å². The van der Waals surface area contributed by atoms with Crippen LogP contribution in [-0.4, -0.2) is 50.2 Å². The molecule has 1 aliphatic rings. The number of hydrogen-bond acceptors (Lipinski definition) is 7. The van der Waals surface area contributed by atoms with Gasteiger partial charge in [-0.15, -0.1) is 0 Å². The predicted molar refractivity (Wildman–Crippen MR) is 161 cm³/mol. The van der Waals surface area contributed by atoms with Crippen molar-refractivity contribution in [3.05, 3.63) is 113 Å². The van der Waals surface area contributed by atoms with E-state index in [1.54, 1.807) is 27.5 Å². The maximum Gasteiger partial charge on any atom is 0.234 e. The van der Waals surface area contributed by atoms with Gasteiger partial charge in [0.2, 0.25) is 5.91 Å².